The van der Waals surface area contributed by atoms with Crippen LogP contribution in [0.3, 0.4) is 0 Å². The van der Waals surface area contributed by atoms with E-state index in [1.54, 1.807) is 31.5 Å². The lowest BCUT2D eigenvalue weighted by Gasteiger charge is -2.23. The van der Waals surface area contributed by atoms with E-state index in [4.69, 9.17) is 4.74 Å². The first-order valence-corrected chi connectivity index (χ1v) is 6.44. The second kappa shape index (κ2) is 6.82. The zero-order chi connectivity index (χ0) is 14.4. The van der Waals surface area contributed by atoms with Crippen molar-refractivity contribution in [2.24, 2.45) is 0 Å². The van der Waals surface area contributed by atoms with Crippen molar-refractivity contribution >= 4 is 5.91 Å². The van der Waals surface area contributed by atoms with Crippen LogP contribution in [0.5, 0.6) is 0 Å². The number of carbonyl (C=O) groups is 1. The summed E-state index contributed by atoms with van der Waals surface area (Å²) < 4.78 is 5.35. The molecule has 0 aliphatic rings. The number of benzene rings is 1. The van der Waals surface area contributed by atoms with E-state index >= 15 is 0 Å². The van der Waals surface area contributed by atoms with Crippen molar-refractivity contribution in [2.75, 3.05) is 14.2 Å². The minimum atomic E-state index is -0.567. The van der Waals surface area contributed by atoms with Gasteiger partial charge in [0, 0.05) is 33.1 Å². The molecule has 0 saturated heterocycles. The van der Waals surface area contributed by atoms with Crippen molar-refractivity contribution in [1.29, 1.82) is 0 Å². The van der Waals surface area contributed by atoms with Crippen LogP contribution in [-0.2, 0) is 16.1 Å². The van der Waals surface area contributed by atoms with E-state index < -0.39 is 6.10 Å². The Bertz CT molecular complexity index is 543. The Hall–Kier alpha value is -2.20. The number of ether oxygens (including phenoxy) is 1. The van der Waals surface area contributed by atoms with Crippen LogP contribution in [0, 0.1) is 0 Å². The molecule has 1 aromatic heterocycles. The predicted octanol–water partition coefficient (Wildman–Crippen LogP) is 2.43. The van der Waals surface area contributed by atoms with E-state index in [1.807, 2.05) is 42.5 Å². The smallest absolute Gasteiger partial charge is 0.256 e. The van der Waals surface area contributed by atoms with Crippen molar-refractivity contribution in [3.05, 3.63) is 66.0 Å². The summed E-state index contributed by atoms with van der Waals surface area (Å²) >= 11 is 0. The lowest BCUT2D eigenvalue weighted by atomic mass is 10.1. The Morgan fingerprint density at radius 3 is 2.45 bits per heavy atom. The molecule has 0 aliphatic heterocycles. The number of hydrogen-bond donors (Lipinski definition) is 0. The summed E-state index contributed by atoms with van der Waals surface area (Å²) in [6.07, 6.45) is 2.88. The monoisotopic (exact) mass is 270 g/mol. The molecule has 20 heavy (non-hydrogen) atoms. The van der Waals surface area contributed by atoms with E-state index in [2.05, 4.69) is 4.98 Å². The van der Waals surface area contributed by atoms with Gasteiger partial charge in [0.2, 0.25) is 0 Å². The van der Waals surface area contributed by atoms with E-state index in [0.29, 0.717) is 6.54 Å². The van der Waals surface area contributed by atoms with Crippen LogP contribution in [0.15, 0.2) is 54.9 Å². The number of carbonyl (C=O) groups excluding carboxylic acids is 1. The first-order valence-electron chi connectivity index (χ1n) is 6.44. The van der Waals surface area contributed by atoms with Crippen LogP contribution in [0.1, 0.15) is 17.2 Å². The van der Waals surface area contributed by atoms with Crippen molar-refractivity contribution in [3.8, 4) is 0 Å². The number of hydrogen-bond acceptors (Lipinski definition) is 3. The molecule has 0 N–H and O–H groups in total. The fraction of sp³-hybridized carbons (Fsp3) is 0.250. The molecule has 104 valence electrons. The third kappa shape index (κ3) is 3.42. The van der Waals surface area contributed by atoms with Crippen LogP contribution >= 0.6 is 0 Å². The number of rotatable bonds is 5. The second-order valence-corrected chi connectivity index (χ2v) is 4.58. The number of nitrogens with zero attached hydrogens (tertiary/aromatic N) is 2. The van der Waals surface area contributed by atoms with Gasteiger partial charge in [-0.05, 0) is 23.3 Å². The molecular formula is C16H18N2O2. The maximum Gasteiger partial charge on any atom is 0.256 e. The molecule has 0 bridgehead atoms. The van der Waals surface area contributed by atoms with Gasteiger partial charge in [-0.25, -0.2) is 0 Å². The minimum absolute atomic E-state index is 0.0597. The van der Waals surface area contributed by atoms with Gasteiger partial charge in [0.1, 0.15) is 0 Å². The molecule has 4 nitrogen and oxygen atoms in total. The molecule has 0 spiro atoms. The van der Waals surface area contributed by atoms with Gasteiger partial charge in [-0.3, -0.25) is 9.78 Å². The Balaban J connectivity index is 2.09. The third-order valence-electron chi connectivity index (χ3n) is 3.11. The Labute approximate surface area is 119 Å². The molecular weight excluding hydrogens is 252 g/mol. The number of aromatic nitrogens is 1. The van der Waals surface area contributed by atoms with Crippen molar-refractivity contribution in [2.45, 2.75) is 12.6 Å². The molecule has 1 amide bonds. The highest BCUT2D eigenvalue weighted by atomic mass is 16.5. The van der Waals surface area contributed by atoms with Crippen LogP contribution in [0.2, 0.25) is 0 Å². The van der Waals surface area contributed by atoms with Crippen molar-refractivity contribution < 1.29 is 9.53 Å². The lowest BCUT2D eigenvalue weighted by molar-refractivity contribution is -0.141. The van der Waals surface area contributed by atoms with Gasteiger partial charge in [-0.15, -0.1) is 0 Å². The lowest BCUT2D eigenvalue weighted by Crippen LogP contribution is -2.32. The van der Waals surface area contributed by atoms with Crippen molar-refractivity contribution in [1.82, 2.24) is 9.88 Å². The molecule has 1 atom stereocenters. The number of methoxy groups -OCH3 is 1. The summed E-state index contributed by atoms with van der Waals surface area (Å²) in [5.41, 5.74) is 1.90. The first kappa shape index (κ1) is 14.2. The molecule has 1 unspecified atom stereocenters. The molecule has 1 heterocycles. The molecule has 0 radical (unpaired) electrons. The SMILES string of the molecule is COC(C(=O)N(C)Cc1ccncc1)c1ccccc1. The largest absolute Gasteiger partial charge is 0.367 e. The molecule has 2 aromatic rings. The minimum Gasteiger partial charge on any atom is -0.367 e. The van der Waals surface area contributed by atoms with Gasteiger partial charge in [0.25, 0.3) is 5.91 Å². The van der Waals surface area contributed by atoms with Crippen LogP contribution in [0.25, 0.3) is 0 Å². The summed E-state index contributed by atoms with van der Waals surface area (Å²) in [6.45, 7) is 0.536. The quantitative estimate of drug-likeness (QED) is 0.838. The normalized spacial score (nSPS) is 11.9. The highest BCUT2D eigenvalue weighted by molar-refractivity contribution is 5.82. The first-order chi connectivity index (χ1) is 9.72. The molecule has 0 saturated carbocycles. The van der Waals surface area contributed by atoms with Crippen LogP contribution in [0.4, 0.5) is 0 Å². The highest BCUT2D eigenvalue weighted by Crippen LogP contribution is 2.19. The van der Waals surface area contributed by atoms with Gasteiger partial charge in [-0.2, -0.15) is 0 Å². The number of likely N-dealkylation sites (N-methyl/N-ethyl adjacent to an activating group) is 1. The van der Waals surface area contributed by atoms with E-state index in [-0.39, 0.29) is 5.91 Å². The Morgan fingerprint density at radius 2 is 1.85 bits per heavy atom. The number of pyridine rings is 1. The van der Waals surface area contributed by atoms with Gasteiger partial charge in [0.15, 0.2) is 6.10 Å². The highest BCUT2D eigenvalue weighted by Gasteiger charge is 2.23. The Kier molecular flexibility index (Phi) is 4.85. The van der Waals surface area contributed by atoms with Crippen LogP contribution < -0.4 is 0 Å². The van der Waals surface area contributed by atoms with Crippen LogP contribution in [-0.4, -0.2) is 29.9 Å². The van der Waals surface area contributed by atoms with Gasteiger partial charge in [0.05, 0.1) is 0 Å². The van der Waals surface area contributed by atoms with E-state index in [0.717, 1.165) is 11.1 Å². The molecule has 1 aromatic carbocycles. The fourth-order valence-corrected chi connectivity index (χ4v) is 2.05. The molecule has 2 rings (SSSR count). The van der Waals surface area contributed by atoms with Gasteiger partial charge < -0.3 is 9.64 Å². The summed E-state index contributed by atoms with van der Waals surface area (Å²) in [5, 5.41) is 0. The van der Waals surface area contributed by atoms with Gasteiger partial charge >= 0.3 is 0 Å². The summed E-state index contributed by atoms with van der Waals surface area (Å²) in [7, 11) is 3.33. The van der Waals surface area contributed by atoms with Gasteiger partial charge in [-0.1, -0.05) is 30.3 Å². The van der Waals surface area contributed by atoms with Crippen molar-refractivity contribution in [3.63, 3.8) is 0 Å². The molecule has 4 heteroatoms. The third-order valence-corrected chi connectivity index (χ3v) is 3.11. The van der Waals surface area contributed by atoms with E-state index in [1.165, 1.54) is 0 Å². The maximum absolute atomic E-state index is 12.5. The summed E-state index contributed by atoms with van der Waals surface area (Å²) in [6, 6.07) is 13.3. The predicted molar refractivity (Wildman–Crippen MR) is 76.9 cm³/mol. The zero-order valence-electron chi connectivity index (χ0n) is 11.7. The Morgan fingerprint density at radius 1 is 1.20 bits per heavy atom. The summed E-state index contributed by atoms with van der Waals surface area (Å²) in [5.74, 6) is -0.0597. The van der Waals surface area contributed by atoms with E-state index in [9.17, 15) is 4.79 Å². The average Bonchev–Trinajstić information content (AvgIpc) is 2.50. The second-order valence-electron chi connectivity index (χ2n) is 4.58. The molecule has 0 fully saturated rings. The fourth-order valence-electron chi connectivity index (χ4n) is 2.05. The maximum atomic E-state index is 12.5. The number of amides is 1. The average molecular weight is 270 g/mol. The zero-order valence-corrected chi connectivity index (χ0v) is 11.7. The summed E-state index contributed by atoms with van der Waals surface area (Å²) in [4.78, 5) is 18.1. The topological polar surface area (TPSA) is 42.4 Å². The molecule has 0 aliphatic carbocycles. The standard InChI is InChI=1S/C16H18N2O2/c1-18(12-13-8-10-17-11-9-13)16(19)15(20-2)14-6-4-3-5-7-14/h3-11,15H,12H2,1-2H3.